The van der Waals surface area contributed by atoms with E-state index in [0.717, 1.165) is 29.3 Å². The number of aryl methyl sites for hydroxylation is 2. The second kappa shape index (κ2) is 6.72. The van der Waals surface area contributed by atoms with Gasteiger partial charge in [0.1, 0.15) is 5.82 Å². The maximum atomic E-state index is 11.0. The van der Waals surface area contributed by atoms with E-state index < -0.39 is 0 Å². The first-order valence-electron chi connectivity index (χ1n) is 9.53. The monoisotopic (exact) mass is 390 g/mol. The predicted molar refractivity (Wildman–Crippen MR) is 111 cm³/mol. The summed E-state index contributed by atoms with van der Waals surface area (Å²) in [4.78, 5) is 8.57. The summed E-state index contributed by atoms with van der Waals surface area (Å²) in [5, 5.41) is 15.4. The van der Waals surface area contributed by atoms with Crippen molar-refractivity contribution in [3.8, 4) is 5.88 Å². The highest BCUT2D eigenvalue weighted by Crippen LogP contribution is 2.42. The summed E-state index contributed by atoms with van der Waals surface area (Å²) in [5.74, 6) is 0.875. The Kier molecular flexibility index (Phi) is 4.18. The van der Waals surface area contributed by atoms with Crippen LogP contribution in [-0.2, 0) is 13.0 Å². The minimum absolute atomic E-state index is 0.0247. The number of hydrogen-bond donors (Lipinski definition) is 1. The van der Waals surface area contributed by atoms with E-state index in [9.17, 15) is 5.11 Å². The van der Waals surface area contributed by atoms with Gasteiger partial charge in [0.25, 0.3) is 0 Å². The summed E-state index contributed by atoms with van der Waals surface area (Å²) in [5.41, 5.74) is 5.23. The fourth-order valence-electron chi connectivity index (χ4n) is 4.16. The van der Waals surface area contributed by atoms with Gasteiger partial charge in [-0.2, -0.15) is 4.52 Å². The first-order chi connectivity index (χ1) is 13.6. The van der Waals surface area contributed by atoms with Crippen molar-refractivity contribution in [1.82, 2.24) is 19.5 Å². The van der Waals surface area contributed by atoms with Gasteiger partial charge in [0.05, 0.1) is 10.9 Å². The maximum Gasteiger partial charge on any atom is 0.230 e. The number of hydrogen-bond acceptors (Lipinski definition) is 5. The average molecular weight is 391 g/mol. The summed E-state index contributed by atoms with van der Waals surface area (Å²) in [6.07, 6.45) is 1.01. The summed E-state index contributed by atoms with van der Waals surface area (Å²) in [7, 11) is 0. The van der Waals surface area contributed by atoms with Gasteiger partial charge in [-0.3, -0.25) is 4.90 Å². The van der Waals surface area contributed by atoms with E-state index in [4.69, 9.17) is 0 Å². The molecule has 0 aliphatic carbocycles. The fourth-order valence-corrected chi connectivity index (χ4v) is 5.32. The van der Waals surface area contributed by atoms with Gasteiger partial charge in [-0.25, -0.2) is 4.98 Å². The Bertz CT molecular complexity index is 1160. The molecule has 5 rings (SSSR count). The molecule has 3 heterocycles. The van der Waals surface area contributed by atoms with E-state index in [1.807, 2.05) is 6.92 Å². The molecule has 2 aromatic carbocycles. The van der Waals surface area contributed by atoms with Crippen molar-refractivity contribution < 1.29 is 5.11 Å². The van der Waals surface area contributed by atoms with Crippen LogP contribution < -0.4 is 0 Å². The topological polar surface area (TPSA) is 53.7 Å². The van der Waals surface area contributed by atoms with Crippen molar-refractivity contribution in [1.29, 1.82) is 0 Å². The van der Waals surface area contributed by atoms with Crippen molar-refractivity contribution in [2.24, 2.45) is 0 Å². The van der Waals surface area contributed by atoms with Crippen LogP contribution in [0, 0.1) is 13.8 Å². The molecule has 6 heteroatoms. The summed E-state index contributed by atoms with van der Waals surface area (Å²) in [6, 6.07) is 17.1. The van der Waals surface area contributed by atoms with Crippen molar-refractivity contribution in [2.75, 3.05) is 6.54 Å². The van der Waals surface area contributed by atoms with E-state index in [-0.39, 0.29) is 11.9 Å². The first-order valence-corrected chi connectivity index (χ1v) is 10.3. The van der Waals surface area contributed by atoms with Crippen LogP contribution in [0.3, 0.4) is 0 Å². The number of fused-ring (bicyclic) bond motifs is 2. The molecule has 0 bridgehead atoms. The molecule has 0 saturated heterocycles. The summed E-state index contributed by atoms with van der Waals surface area (Å²) in [6.45, 7) is 5.79. The number of benzene rings is 2. The van der Waals surface area contributed by atoms with Crippen LogP contribution >= 0.6 is 11.3 Å². The lowest BCUT2D eigenvalue weighted by Gasteiger charge is -2.36. The van der Waals surface area contributed by atoms with Crippen molar-refractivity contribution in [3.63, 3.8) is 0 Å². The van der Waals surface area contributed by atoms with E-state index in [1.54, 1.807) is 4.52 Å². The molecule has 28 heavy (non-hydrogen) atoms. The highest BCUT2D eigenvalue weighted by molar-refractivity contribution is 7.17. The molecule has 0 radical (unpaired) electrons. The Hall–Kier alpha value is -2.70. The van der Waals surface area contributed by atoms with Crippen LogP contribution in [0.15, 0.2) is 48.5 Å². The van der Waals surface area contributed by atoms with Gasteiger partial charge < -0.3 is 5.11 Å². The molecular weight excluding hydrogens is 368 g/mol. The first kappa shape index (κ1) is 17.4. The molecule has 0 saturated carbocycles. The van der Waals surface area contributed by atoms with Gasteiger partial charge in [-0.05, 0) is 42.5 Å². The van der Waals surface area contributed by atoms with Gasteiger partial charge in [0.2, 0.25) is 10.8 Å². The molecule has 5 nitrogen and oxygen atoms in total. The number of rotatable bonds is 3. The third-order valence-electron chi connectivity index (χ3n) is 5.56. The standard InChI is InChI=1S/C22H22N4OS/c1-14-7-3-6-10-18(14)19(20-21(27)26-22(28-20)23-15(2)24-26)25-12-11-16-8-4-5-9-17(16)13-25/h3-10,19,27H,11-13H2,1-2H3/t19-/m1/s1. The zero-order valence-electron chi connectivity index (χ0n) is 16.0. The average Bonchev–Trinajstić information content (AvgIpc) is 3.21. The number of thiazole rings is 1. The lowest BCUT2D eigenvalue weighted by molar-refractivity contribution is 0.205. The second-order valence-corrected chi connectivity index (χ2v) is 8.40. The largest absolute Gasteiger partial charge is 0.492 e. The number of aromatic nitrogens is 3. The summed E-state index contributed by atoms with van der Waals surface area (Å²) < 4.78 is 1.57. The smallest absolute Gasteiger partial charge is 0.230 e. The Morgan fingerprint density at radius 2 is 1.79 bits per heavy atom. The highest BCUT2D eigenvalue weighted by Gasteiger charge is 2.32. The SMILES string of the molecule is Cc1nc2sc([C@@H](c3ccccc3C)N3CCc4ccccc4C3)c(O)n2n1. The molecule has 1 aliphatic heterocycles. The normalized spacial score (nSPS) is 15.6. The van der Waals surface area contributed by atoms with Crippen LogP contribution in [-0.4, -0.2) is 31.1 Å². The van der Waals surface area contributed by atoms with Gasteiger partial charge in [0.15, 0.2) is 0 Å². The molecule has 142 valence electrons. The predicted octanol–water partition coefficient (Wildman–Crippen LogP) is 4.26. The minimum atomic E-state index is -0.0247. The van der Waals surface area contributed by atoms with E-state index in [0.29, 0.717) is 5.82 Å². The Morgan fingerprint density at radius 1 is 1.04 bits per heavy atom. The molecule has 1 N–H and O–H groups in total. The maximum absolute atomic E-state index is 11.0. The van der Waals surface area contributed by atoms with Gasteiger partial charge >= 0.3 is 0 Å². The fraction of sp³-hybridized carbons (Fsp3) is 0.273. The second-order valence-electron chi connectivity index (χ2n) is 7.39. The van der Waals surface area contributed by atoms with E-state index in [2.05, 4.69) is 70.4 Å². The van der Waals surface area contributed by atoms with Crippen molar-refractivity contribution >= 4 is 16.3 Å². The molecule has 4 aromatic rings. The molecule has 1 atom stereocenters. The van der Waals surface area contributed by atoms with E-state index in [1.165, 1.54) is 33.6 Å². The third kappa shape index (κ3) is 2.80. The minimum Gasteiger partial charge on any atom is -0.492 e. The van der Waals surface area contributed by atoms with Gasteiger partial charge in [0, 0.05) is 13.1 Å². The van der Waals surface area contributed by atoms with E-state index >= 15 is 0 Å². The Morgan fingerprint density at radius 3 is 2.57 bits per heavy atom. The molecule has 0 spiro atoms. The van der Waals surface area contributed by atoms with Crippen molar-refractivity contribution in [2.45, 2.75) is 32.9 Å². The molecule has 1 aliphatic rings. The Balaban J connectivity index is 1.64. The third-order valence-corrected chi connectivity index (χ3v) is 6.63. The summed E-state index contributed by atoms with van der Waals surface area (Å²) >= 11 is 1.53. The zero-order valence-corrected chi connectivity index (χ0v) is 16.8. The van der Waals surface area contributed by atoms with Crippen molar-refractivity contribution in [3.05, 3.63) is 81.5 Å². The highest BCUT2D eigenvalue weighted by atomic mass is 32.1. The Labute approximate surface area is 167 Å². The molecule has 2 aromatic heterocycles. The molecule has 0 fully saturated rings. The van der Waals surface area contributed by atoms with Crippen LogP contribution in [0.5, 0.6) is 5.88 Å². The lowest BCUT2D eigenvalue weighted by Crippen LogP contribution is -2.34. The molecule has 0 unspecified atom stereocenters. The number of nitrogens with zero attached hydrogens (tertiary/aromatic N) is 4. The number of aromatic hydroxyl groups is 1. The van der Waals surface area contributed by atoms with Crippen LogP contribution in [0.4, 0.5) is 0 Å². The van der Waals surface area contributed by atoms with Gasteiger partial charge in [-0.1, -0.05) is 59.9 Å². The lowest BCUT2D eigenvalue weighted by atomic mass is 9.94. The van der Waals surface area contributed by atoms with Crippen LogP contribution in [0.2, 0.25) is 0 Å². The van der Waals surface area contributed by atoms with Crippen LogP contribution in [0.1, 0.15) is 39.0 Å². The van der Waals surface area contributed by atoms with Gasteiger partial charge in [-0.15, -0.1) is 5.10 Å². The van der Waals surface area contributed by atoms with Crippen LogP contribution in [0.25, 0.3) is 4.96 Å². The zero-order chi connectivity index (χ0) is 19.3. The molecular formula is C22H22N4OS. The quantitative estimate of drug-likeness (QED) is 0.568. The molecule has 0 amide bonds.